The van der Waals surface area contributed by atoms with E-state index in [9.17, 15) is 4.79 Å². The van der Waals surface area contributed by atoms with Crippen LogP contribution in [0.2, 0.25) is 5.02 Å². The highest BCUT2D eigenvalue weighted by atomic mass is 35.5. The summed E-state index contributed by atoms with van der Waals surface area (Å²) in [6.07, 6.45) is 7.32. The molecule has 0 aromatic carbocycles. The summed E-state index contributed by atoms with van der Waals surface area (Å²) in [4.78, 5) is 24.1. The summed E-state index contributed by atoms with van der Waals surface area (Å²) in [5.41, 5.74) is 1.63. The molecule has 4 rings (SSSR count). The first-order valence-corrected chi connectivity index (χ1v) is 9.38. The number of pyridine rings is 1. The van der Waals surface area contributed by atoms with Crippen LogP contribution in [0, 0.1) is 0 Å². The second-order valence-electron chi connectivity index (χ2n) is 6.32. The first-order valence-electron chi connectivity index (χ1n) is 8.18. The monoisotopic (exact) mass is 375 g/mol. The predicted molar refractivity (Wildman–Crippen MR) is 99.3 cm³/mol. The van der Waals surface area contributed by atoms with Gasteiger partial charge in [0.1, 0.15) is 21.2 Å². The van der Waals surface area contributed by atoms with Crippen molar-refractivity contribution in [3.8, 4) is 10.7 Å². The van der Waals surface area contributed by atoms with Gasteiger partial charge in [0.15, 0.2) is 0 Å². The number of piperidine rings is 1. The lowest BCUT2D eigenvalue weighted by molar-refractivity contribution is 0.0916. The number of nitrogens with one attached hydrogen (secondary N) is 1. The molecule has 0 saturated carbocycles. The van der Waals surface area contributed by atoms with Gasteiger partial charge in [-0.1, -0.05) is 11.6 Å². The number of likely N-dealkylation sites (tertiary alicyclic amines) is 1. The van der Waals surface area contributed by atoms with E-state index in [1.54, 1.807) is 24.7 Å². The zero-order chi connectivity index (χ0) is 17.4. The number of likely N-dealkylation sites (N-methyl/N-ethyl adjacent to an activating group) is 1. The van der Waals surface area contributed by atoms with Gasteiger partial charge in [-0.25, -0.2) is 9.97 Å². The van der Waals surface area contributed by atoms with E-state index < -0.39 is 0 Å². The van der Waals surface area contributed by atoms with Gasteiger partial charge in [-0.05, 0) is 38.6 Å². The van der Waals surface area contributed by atoms with Crippen LogP contribution in [0.15, 0.2) is 30.7 Å². The molecule has 0 radical (unpaired) electrons. The van der Waals surface area contributed by atoms with E-state index in [1.165, 1.54) is 11.3 Å². The third-order valence-corrected chi connectivity index (χ3v) is 5.62. The summed E-state index contributed by atoms with van der Waals surface area (Å²) in [5.74, 6) is -0.0593. The molecular weight excluding hydrogens is 358 g/mol. The Kier molecular flexibility index (Phi) is 4.45. The number of hydrogen-bond acceptors (Lipinski definition) is 5. The van der Waals surface area contributed by atoms with Gasteiger partial charge < -0.3 is 10.2 Å². The maximum Gasteiger partial charge on any atom is 0.263 e. The van der Waals surface area contributed by atoms with Crippen molar-refractivity contribution in [3.63, 3.8) is 0 Å². The standard InChI is InChI=1S/C17H18ClN5OS/c1-22-6-2-3-12(10-22)21-16(24)14-8-20-17(25-14)13-7-19-15-5-4-11(18)9-23(13)15/h4-5,7-9,12H,2-3,6,10H2,1H3,(H,21,24). The molecule has 0 bridgehead atoms. The zero-order valence-electron chi connectivity index (χ0n) is 13.8. The molecule has 4 heterocycles. The minimum atomic E-state index is -0.0593. The summed E-state index contributed by atoms with van der Waals surface area (Å²) in [7, 11) is 2.08. The van der Waals surface area contributed by atoms with Crippen molar-refractivity contribution in [3.05, 3.63) is 40.6 Å². The maximum atomic E-state index is 12.5. The highest BCUT2D eigenvalue weighted by Crippen LogP contribution is 2.27. The number of imidazole rings is 1. The summed E-state index contributed by atoms with van der Waals surface area (Å²) in [6, 6.07) is 3.86. The number of nitrogens with zero attached hydrogens (tertiary/aromatic N) is 4. The Morgan fingerprint density at radius 1 is 1.36 bits per heavy atom. The van der Waals surface area contributed by atoms with Gasteiger partial charge in [-0.15, -0.1) is 11.3 Å². The van der Waals surface area contributed by atoms with E-state index in [0.717, 1.165) is 42.3 Å². The van der Waals surface area contributed by atoms with E-state index in [1.807, 2.05) is 10.5 Å². The lowest BCUT2D eigenvalue weighted by Gasteiger charge is -2.29. The average molecular weight is 376 g/mol. The molecule has 1 saturated heterocycles. The van der Waals surface area contributed by atoms with Gasteiger partial charge in [0.25, 0.3) is 5.91 Å². The number of carbonyl (C=O) groups excluding carboxylic acids is 1. The molecule has 25 heavy (non-hydrogen) atoms. The first-order chi connectivity index (χ1) is 12.1. The van der Waals surface area contributed by atoms with E-state index in [2.05, 4.69) is 27.2 Å². The van der Waals surface area contributed by atoms with Crippen LogP contribution in [0.25, 0.3) is 16.3 Å². The number of thiazole rings is 1. The van der Waals surface area contributed by atoms with Gasteiger partial charge in [0, 0.05) is 18.8 Å². The van der Waals surface area contributed by atoms with Crippen LogP contribution in [-0.2, 0) is 0 Å². The topological polar surface area (TPSA) is 62.5 Å². The fraction of sp³-hybridized carbons (Fsp3) is 0.353. The van der Waals surface area contributed by atoms with Crippen molar-refractivity contribution in [2.24, 2.45) is 0 Å². The molecule has 0 spiro atoms. The lowest BCUT2D eigenvalue weighted by Crippen LogP contribution is -2.46. The van der Waals surface area contributed by atoms with E-state index >= 15 is 0 Å². The van der Waals surface area contributed by atoms with Crippen molar-refractivity contribution in [1.29, 1.82) is 0 Å². The smallest absolute Gasteiger partial charge is 0.263 e. The molecule has 6 nitrogen and oxygen atoms in total. The average Bonchev–Trinajstić information content (AvgIpc) is 3.21. The number of carbonyl (C=O) groups is 1. The summed E-state index contributed by atoms with van der Waals surface area (Å²) in [6.45, 7) is 1.98. The molecule has 1 atom stereocenters. The van der Waals surface area contributed by atoms with Crippen LogP contribution >= 0.6 is 22.9 Å². The fourth-order valence-corrected chi connectivity index (χ4v) is 4.14. The summed E-state index contributed by atoms with van der Waals surface area (Å²) < 4.78 is 1.89. The lowest BCUT2D eigenvalue weighted by atomic mass is 10.1. The molecule has 1 aliphatic rings. The molecule has 0 aliphatic carbocycles. The number of fused-ring (bicyclic) bond motifs is 1. The zero-order valence-corrected chi connectivity index (χ0v) is 15.3. The van der Waals surface area contributed by atoms with Crippen LogP contribution in [0.3, 0.4) is 0 Å². The van der Waals surface area contributed by atoms with E-state index in [0.29, 0.717) is 9.90 Å². The van der Waals surface area contributed by atoms with Crippen molar-refractivity contribution in [1.82, 2.24) is 24.6 Å². The molecule has 130 valence electrons. The number of rotatable bonds is 3. The van der Waals surface area contributed by atoms with Crippen LogP contribution in [0.5, 0.6) is 0 Å². The van der Waals surface area contributed by atoms with Crippen LogP contribution in [-0.4, -0.2) is 51.4 Å². The summed E-state index contributed by atoms with van der Waals surface area (Å²) >= 11 is 7.45. The van der Waals surface area contributed by atoms with Gasteiger partial charge >= 0.3 is 0 Å². The normalized spacial score (nSPS) is 18.6. The van der Waals surface area contributed by atoms with Crippen LogP contribution in [0.1, 0.15) is 22.5 Å². The third-order valence-electron chi connectivity index (χ3n) is 4.38. The Balaban J connectivity index is 1.55. The Morgan fingerprint density at radius 2 is 2.24 bits per heavy atom. The molecule has 1 N–H and O–H groups in total. The van der Waals surface area contributed by atoms with Gasteiger partial charge in [-0.2, -0.15) is 0 Å². The quantitative estimate of drug-likeness (QED) is 0.764. The van der Waals surface area contributed by atoms with Gasteiger partial charge in [0.2, 0.25) is 0 Å². The Morgan fingerprint density at radius 3 is 3.08 bits per heavy atom. The van der Waals surface area contributed by atoms with Crippen molar-refractivity contribution < 1.29 is 4.79 Å². The molecule has 3 aromatic rings. The Bertz CT molecular complexity index is 921. The highest BCUT2D eigenvalue weighted by Gasteiger charge is 2.21. The maximum absolute atomic E-state index is 12.5. The van der Waals surface area contributed by atoms with E-state index in [-0.39, 0.29) is 11.9 Å². The number of halogens is 1. The first kappa shape index (κ1) is 16.5. The number of hydrogen-bond donors (Lipinski definition) is 1. The van der Waals surface area contributed by atoms with E-state index in [4.69, 9.17) is 11.6 Å². The molecule has 1 fully saturated rings. The third kappa shape index (κ3) is 3.40. The SMILES string of the molecule is CN1CCCC(NC(=O)c2cnc(-c3cnc4ccc(Cl)cn34)s2)C1. The molecule has 1 amide bonds. The Hall–Kier alpha value is -1.96. The van der Waals surface area contributed by atoms with Crippen molar-refractivity contribution in [2.45, 2.75) is 18.9 Å². The number of amides is 1. The molecule has 3 aromatic heterocycles. The fourth-order valence-electron chi connectivity index (χ4n) is 3.15. The highest BCUT2D eigenvalue weighted by molar-refractivity contribution is 7.16. The molecular formula is C17H18ClN5OS. The number of aromatic nitrogens is 3. The van der Waals surface area contributed by atoms with Crippen LogP contribution in [0.4, 0.5) is 0 Å². The van der Waals surface area contributed by atoms with Gasteiger partial charge in [0.05, 0.1) is 17.4 Å². The minimum absolute atomic E-state index is 0.0593. The van der Waals surface area contributed by atoms with Gasteiger partial charge in [-0.3, -0.25) is 9.20 Å². The van der Waals surface area contributed by atoms with Crippen molar-refractivity contribution >= 4 is 34.5 Å². The van der Waals surface area contributed by atoms with Crippen LogP contribution < -0.4 is 5.32 Å². The van der Waals surface area contributed by atoms with Crippen molar-refractivity contribution in [2.75, 3.05) is 20.1 Å². The molecule has 1 unspecified atom stereocenters. The predicted octanol–water partition coefficient (Wildman–Crippen LogP) is 2.94. The largest absolute Gasteiger partial charge is 0.347 e. The summed E-state index contributed by atoms with van der Waals surface area (Å²) in [5, 5.41) is 4.49. The Labute approximate surface area is 154 Å². The second-order valence-corrected chi connectivity index (χ2v) is 7.79. The second kappa shape index (κ2) is 6.74. The molecule has 1 aliphatic heterocycles. The molecule has 8 heteroatoms. The minimum Gasteiger partial charge on any atom is -0.347 e.